The van der Waals surface area contributed by atoms with E-state index in [-0.39, 0.29) is 50.8 Å². The van der Waals surface area contributed by atoms with E-state index in [2.05, 4.69) is 20.0 Å². The number of aliphatic imine (C=N–C) groups is 4. The molecule has 0 aliphatic carbocycles. The second-order valence-corrected chi connectivity index (χ2v) is 21.3. The number of ether oxygens (including phenoxy) is 4. The van der Waals surface area contributed by atoms with E-state index in [1.165, 1.54) is 24.3 Å². The van der Waals surface area contributed by atoms with E-state index in [0.717, 1.165) is 66.3 Å². The number of fused-ring (bicyclic) bond motifs is 3. The minimum Gasteiger partial charge on any atom is -0.478 e. The topological polar surface area (TPSA) is 312 Å². The van der Waals surface area contributed by atoms with Crippen molar-refractivity contribution in [3.05, 3.63) is 263 Å². The second-order valence-electron chi connectivity index (χ2n) is 21.3. The van der Waals surface area contributed by atoms with Crippen LogP contribution in [0.15, 0.2) is 246 Å². The fraction of sp³-hybridized carbons (Fsp3) is 0.0533. The first-order valence-electron chi connectivity index (χ1n) is 29.4. The smallest absolute Gasteiger partial charge is 0.339 e. The molecule has 0 radical (unpaired) electrons. The van der Waals surface area contributed by atoms with Gasteiger partial charge in [-0.1, -0.05) is 66.8 Å². The van der Waals surface area contributed by atoms with Gasteiger partial charge in [0.15, 0.2) is 11.3 Å². The van der Waals surface area contributed by atoms with Gasteiger partial charge in [0.1, 0.15) is 73.7 Å². The van der Waals surface area contributed by atoms with Crippen LogP contribution in [-0.2, 0) is 0 Å². The van der Waals surface area contributed by atoms with E-state index in [4.69, 9.17) is 37.3 Å². The molecule has 11 aromatic rings. The second kappa shape index (κ2) is 28.4. The third kappa shape index (κ3) is 14.7. The monoisotopic (exact) mass is 1280 g/mol. The van der Waals surface area contributed by atoms with Crippen LogP contribution in [0.4, 0.5) is 0 Å². The van der Waals surface area contributed by atoms with Crippen molar-refractivity contribution in [2.75, 3.05) is 26.2 Å². The first-order valence-corrected chi connectivity index (χ1v) is 29.4. The summed E-state index contributed by atoms with van der Waals surface area (Å²) in [6.45, 7) is 2.45. The molecule has 0 unspecified atom stereocenters. The molecule has 474 valence electrons. The molecular weight excluding hydrogens is 1230 g/mol. The van der Waals surface area contributed by atoms with Crippen molar-refractivity contribution >= 4 is 110 Å². The van der Waals surface area contributed by atoms with Gasteiger partial charge in [0.2, 0.25) is 0 Å². The Hall–Kier alpha value is -13.4. The number of aromatic carboxylic acids is 5. The van der Waals surface area contributed by atoms with Crippen molar-refractivity contribution in [3.8, 4) is 46.0 Å². The van der Waals surface area contributed by atoms with E-state index in [1.54, 1.807) is 129 Å². The third-order valence-electron chi connectivity index (χ3n) is 15.0. The van der Waals surface area contributed by atoms with Gasteiger partial charge in [-0.3, -0.25) is 20.0 Å². The lowest BCUT2D eigenvalue weighted by Crippen LogP contribution is -2.02. The quantitative estimate of drug-likeness (QED) is 0.0566. The molecule has 96 heavy (non-hydrogen) atoms. The number of hydrogen-bond donors (Lipinski definition) is 5. The molecule has 0 saturated carbocycles. The molecule has 15 rings (SSSR count). The minimum atomic E-state index is -1.13. The molecule has 8 aromatic carbocycles. The van der Waals surface area contributed by atoms with E-state index < -0.39 is 29.8 Å². The SMILES string of the molecule is O=C(O)c1cc(C2=CCN=C2)ccc1Oc1ccc2ccoc2c1.O=C(O)c1cc(C2=CCN=C2)ccc1Oc1ccc2occc2c1.O=C(O)c1cc(C2=CCN=C2)ccc1Oc1cccc2ccoc12.O=C(O)c1cccc(Oc2ccc(C3=CCN=C3)cc2C(=O)O)c1. The Morgan fingerprint density at radius 3 is 1.19 bits per heavy atom. The zero-order valence-corrected chi connectivity index (χ0v) is 50.3. The molecule has 21 nitrogen and oxygen atoms in total. The van der Waals surface area contributed by atoms with Crippen LogP contribution >= 0.6 is 0 Å². The van der Waals surface area contributed by atoms with Crippen LogP contribution in [0.5, 0.6) is 46.0 Å². The summed E-state index contributed by atoms with van der Waals surface area (Å²) in [5, 5.41) is 49.7. The van der Waals surface area contributed by atoms with E-state index in [1.807, 2.05) is 85.0 Å². The van der Waals surface area contributed by atoms with Crippen LogP contribution in [0, 0.1) is 0 Å². The molecule has 21 heteroatoms. The summed E-state index contributed by atoms with van der Waals surface area (Å²) in [5.74, 6) is -2.52. The van der Waals surface area contributed by atoms with Gasteiger partial charge in [-0.2, -0.15) is 0 Å². The molecule has 0 amide bonds. The van der Waals surface area contributed by atoms with Crippen LogP contribution < -0.4 is 18.9 Å². The highest BCUT2D eigenvalue weighted by Crippen LogP contribution is 2.37. The minimum absolute atomic E-state index is 0.00516. The molecular formula is C75H52N4O17. The summed E-state index contributed by atoms with van der Waals surface area (Å²) < 4.78 is 39.0. The highest BCUT2D eigenvalue weighted by molar-refractivity contribution is 6.14. The number of hydrogen-bond acceptors (Lipinski definition) is 16. The largest absolute Gasteiger partial charge is 0.478 e. The average molecular weight is 1280 g/mol. The molecule has 4 aliphatic rings. The summed E-state index contributed by atoms with van der Waals surface area (Å²) in [5.41, 5.74) is 9.17. The summed E-state index contributed by atoms with van der Waals surface area (Å²) in [6.07, 6.45) is 19.4. The highest BCUT2D eigenvalue weighted by atomic mass is 16.5. The summed E-state index contributed by atoms with van der Waals surface area (Å²) in [4.78, 5) is 73.8. The van der Waals surface area contributed by atoms with Crippen LogP contribution in [0.2, 0.25) is 0 Å². The number of rotatable bonds is 17. The maximum atomic E-state index is 11.6. The van der Waals surface area contributed by atoms with Crippen molar-refractivity contribution in [2.24, 2.45) is 20.0 Å². The van der Waals surface area contributed by atoms with Crippen LogP contribution in [0.3, 0.4) is 0 Å². The maximum absolute atomic E-state index is 11.6. The van der Waals surface area contributed by atoms with Gasteiger partial charge in [0, 0.05) is 47.1 Å². The van der Waals surface area contributed by atoms with Crippen molar-refractivity contribution in [1.29, 1.82) is 0 Å². The van der Waals surface area contributed by atoms with E-state index >= 15 is 0 Å². The Morgan fingerprint density at radius 2 is 0.729 bits per heavy atom. The molecule has 7 heterocycles. The van der Waals surface area contributed by atoms with Gasteiger partial charge in [-0.15, -0.1) is 0 Å². The molecule has 0 saturated heterocycles. The number of carbonyl (C=O) groups is 5. The van der Waals surface area contributed by atoms with Crippen LogP contribution in [0.1, 0.15) is 74.0 Å². The van der Waals surface area contributed by atoms with Gasteiger partial charge >= 0.3 is 29.8 Å². The standard InChI is InChI=1S/3C19H13NO4.C18H13NO5/c21-19(22)16-10-12(14-5-7-20-11-14)1-3-18(16)24-15-2-4-17-13(9-15)6-8-23-17;21-19(22)16-9-13(14-5-7-20-11-14)2-4-17(16)24-15-3-1-12-6-8-23-18(12)10-15;21-19(22)15-10-13(14-6-8-20-11-14)4-5-16(15)24-17-3-1-2-12-7-9-23-18(12)17;20-17(21)12-2-1-3-14(8-12)24-16-5-4-11(9-15(16)18(22)23)13-6-7-19-10-13/h2*1-6,8-11H,7H2,(H,21,22);1-7,9-11H,8H2,(H,21,22);1-6,8-10H,7H2,(H,20,21)(H,22,23). The Morgan fingerprint density at radius 1 is 0.323 bits per heavy atom. The van der Waals surface area contributed by atoms with E-state index in [0.29, 0.717) is 60.3 Å². The lowest BCUT2D eigenvalue weighted by atomic mass is 10.0. The van der Waals surface area contributed by atoms with Gasteiger partial charge in [0.05, 0.1) is 50.5 Å². The number of carboxylic acids is 5. The Balaban J connectivity index is 0.000000122. The molecule has 0 spiro atoms. The van der Waals surface area contributed by atoms with Crippen molar-refractivity contribution in [1.82, 2.24) is 0 Å². The van der Waals surface area contributed by atoms with Crippen LogP contribution in [-0.4, -0.2) is 106 Å². The molecule has 0 atom stereocenters. The van der Waals surface area contributed by atoms with Gasteiger partial charge in [-0.25, -0.2) is 24.0 Å². The predicted octanol–water partition coefficient (Wildman–Crippen LogP) is 16.5. The van der Waals surface area contributed by atoms with Crippen molar-refractivity contribution in [2.45, 2.75) is 0 Å². The number of furan rings is 3. The average Bonchev–Trinajstić information content (AvgIpc) is 1.31. The normalized spacial score (nSPS) is 13.1. The lowest BCUT2D eigenvalue weighted by Gasteiger charge is -2.11. The van der Waals surface area contributed by atoms with Gasteiger partial charge in [-0.05, 0) is 166 Å². The molecule has 0 bridgehead atoms. The number of para-hydroxylation sites is 1. The summed E-state index contributed by atoms with van der Waals surface area (Å²) in [7, 11) is 0. The Bertz CT molecular complexity index is 4980. The summed E-state index contributed by atoms with van der Waals surface area (Å²) in [6, 6.07) is 47.7. The fourth-order valence-corrected chi connectivity index (χ4v) is 10.3. The van der Waals surface area contributed by atoms with E-state index in [9.17, 15) is 44.4 Å². The Kier molecular flexibility index (Phi) is 18.6. The first-order chi connectivity index (χ1) is 46.7. The van der Waals surface area contributed by atoms with Gasteiger partial charge < -0.3 is 57.7 Å². The van der Waals surface area contributed by atoms with Gasteiger partial charge in [0.25, 0.3) is 0 Å². The molecule has 5 N–H and O–H groups in total. The summed E-state index contributed by atoms with van der Waals surface area (Å²) >= 11 is 0. The number of carboxylic acid groups (broad SMARTS) is 5. The first kappa shape index (κ1) is 62.7. The zero-order valence-electron chi connectivity index (χ0n) is 50.3. The van der Waals surface area contributed by atoms with Crippen molar-refractivity contribution in [3.63, 3.8) is 0 Å². The Labute approximate surface area is 544 Å². The lowest BCUT2D eigenvalue weighted by molar-refractivity contribution is 0.0682. The zero-order chi connectivity index (χ0) is 66.7. The highest BCUT2D eigenvalue weighted by Gasteiger charge is 2.21. The predicted molar refractivity (Wildman–Crippen MR) is 361 cm³/mol. The fourth-order valence-electron chi connectivity index (χ4n) is 10.3. The third-order valence-corrected chi connectivity index (χ3v) is 15.0. The molecule has 0 fully saturated rings. The number of benzene rings is 8. The number of allylic oxidation sites excluding steroid dienone is 4. The maximum Gasteiger partial charge on any atom is 0.339 e. The number of nitrogens with zero attached hydrogens (tertiary/aromatic N) is 4. The molecule has 3 aromatic heterocycles. The van der Waals surface area contributed by atoms with Crippen molar-refractivity contribution < 1.29 is 81.7 Å². The van der Waals surface area contributed by atoms with Crippen LogP contribution in [0.25, 0.3) is 55.2 Å². The molecule has 4 aliphatic heterocycles.